The Balaban J connectivity index is 2.93. The summed E-state index contributed by atoms with van der Waals surface area (Å²) in [5, 5.41) is 13.1. The zero-order valence-electron chi connectivity index (χ0n) is 7.99. The van der Waals surface area contributed by atoms with Crippen molar-refractivity contribution in [1.29, 1.82) is 0 Å². The fraction of sp³-hybridized carbons (Fsp3) is 0.222. The summed E-state index contributed by atoms with van der Waals surface area (Å²) in [6.45, 7) is 1.70. The molecule has 0 fully saturated rings. The van der Waals surface area contributed by atoms with Gasteiger partial charge in [0.1, 0.15) is 0 Å². The fourth-order valence-corrected chi connectivity index (χ4v) is 1.18. The summed E-state index contributed by atoms with van der Waals surface area (Å²) in [6, 6.07) is 3.90. The number of anilines is 1. The summed E-state index contributed by atoms with van der Waals surface area (Å²) in [4.78, 5) is 20.9. The van der Waals surface area contributed by atoms with E-state index in [1.54, 1.807) is 6.92 Å². The number of halogens is 1. The molecule has 0 spiro atoms. The maximum atomic E-state index is 11.0. The second-order valence-corrected chi connectivity index (χ2v) is 3.23. The highest BCUT2D eigenvalue weighted by molar-refractivity contribution is 6.33. The van der Waals surface area contributed by atoms with E-state index < -0.39 is 4.92 Å². The molecular weight excluding hydrogens is 220 g/mol. The molecule has 0 unspecified atom stereocenters. The van der Waals surface area contributed by atoms with Crippen molar-refractivity contribution in [2.45, 2.75) is 13.3 Å². The number of carbonyl (C=O) groups excluding carboxylic acids is 1. The van der Waals surface area contributed by atoms with E-state index in [4.69, 9.17) is 11.6 Å². The number of nitrogens with zero attached hydrogens (tertiary/aromatic N) is 1. The van der Waals surface area contributed by atoms with E-state index in [-0.39, 0.29) is 16.6 Å². The largest absolute Gasteiger partial charge is 0.325 e. The first-order valence-corrected chi connectivity index (χ1v) is 4.66. The first kappa shape index (κ1) is 11.5. The van der Waals surface area contributed by atoms with Gasteiger partial charge in [0.15, 0.2) is 0 Å². The highest BCUT2D eigenvalue weighted by atomic mass is 35.5. The van der Waals surface area contributed by atoms with Gasteiger partial charge in [-0.25, -0.2) is 0 Å². The number of nitro benzene ring substituents is 1. The molecule has 0 radical (unpaired) electrons. The minimum Gasteiger partial charge on any atom is -0.325 e. The Morgan fingerprint density at radius 2 is 2.27 bits per heavy atom. The number of nitrogens with one attached hydrogen (secondary N) is 1. The molecule has 0 aromatic heterocycles. The molecule has 1 aromatic rings. The fourth-order valence-electron chi connectivity index (χ4n) is 0.958. The predicted octanol–water partition coefficient (Wildman–Crippen LogP) is 2.60. The van der Waals surface area contributed by atoms with Crippen molar-refractivity contribution in [2.75, 3.05) is 5.32 Å². The third kappa shape index (κ3) is 2.92. The third-order valence-electron chi connectivity index (χ3n) is 1.76. The number of nitro groups is 1. The summed E-state index contributed by atoms with van der Waals surface area (Å²) in [7, 11) is 0. The molecule has 0 saturated carbocycles. The first-order chi connectivity index (χ1) is 7.04. The molecular formula is C9H9ClN2O3. The van der Waals surface area contributed by atoms with Crippen LogP contribution in [0.3, 0.4) is 0 Å². The summed E-state index contributed by atoms with van der Waals surface area (Å²) in [5.41, 5.74) is 0.281. The minimum absolute atomic E-state index is 0.102. The van der Waals surface area contributed by atoms with Crippen molar-refractivity contribution in [1.82, 2.24) is 0 Å². The van der Waals surface area contributed by atoms with E-state index in [0.717, 1.165) is 0 Å². The van der Waals surface area contributed by atoms with Gasteiger partial charge in [0.05, 0.1) is 15.6 Å². The van der Waals surface area contributed by atoms with Crippen molar-refractivity contribution in [3.8, 4) is 0 Å². The number of benzene rings is 1. The van der Waals surface area contributed by atoms with Gasteiger partial charge >= 0.3 is 0 Å². The Morgan fingerprint density at radius 1 is 1.60 bits per heavy atom. The van der Waals surface area contributed by atoms with E-state index in [1.807, 2.05) is 0 Å². The maximum absolute atomic E-state index is 11.0. The van der Waals surface area contributed by atoms with Crippen molar-refractivity contribution in [3.63, 3.8) is 0 Å². The molecule has 0 heterocycles. The lowest BCUT2D eigenvalue weighted by atomic mass is 10.2. The van der Waals surface area contributed by atoms with Crippen LogP contribution in [0, 0.1) is 10.1 Å². The molecule has 0 bridgehead atoms. The number of hydrogen-bond donors (Lipinski definition) is 1. The van der Waals surface area contributed by atoms with Crippen molar-refractivity contribution < 1.29 is 9.72 Å². The van der Waals surface area contributed by atoms with Crippen LogP contribution in [0.15, 0.2) is 18.2 Å². The number of hydrogen-bond acceptors (Lipinski definition) is 3. The van der Waals surface area contributed by atoms with Gasteiger partial charge in [-0.05, 0) is 6.07 Å². The van der Waals surface area contributed by atoms with E-state index in [2.05, 4.69) is 5.32 Å². The number of amides is 1. The zero-order chi connectivity index (χ0) is 11.4. The number of rotatable bonds is 3. The van der Waals surface area contributed by atoms with Gasteiger partial charge < -0.3 is 5.32 Å². The predicted molar refractivity (Wildman–Crippen MR) is 57.0 cm³/mol. The van der Waals surface area contributed by atoms with Crippen LogP contribution in [-0.2, 0) is 4.79 Å². The van der Waals surface area contributed by atoms with Crippen LogP contribution in [0.1, 0.15) is 13.3 Å². The molecule has 80 valence electrons. The second-order valence-electron chi connectivity index (χ2n) is 2.82. The molecule has 0 aliphatic heterocycles. The van der Waals surface area contributed by atoms with E-state index in [1.165, 1.54) is 18.2 Å². The molecule has 0 atom stereocenters. The summed E-state index contributed by atoms with van der Waals surface area (Å²) >= 11 is 5.76. The Kier molecular flexibility index (Phi) is 3.62. The van der Waals surface area contributed by atoms with Crippen molar-refractivity contribution in [3.05, 3.63) is 33.3 Å². The lowest BCUT2D eigenvalue weighted by molar-refractivity contribution is -0.384. The Labute approximate surface area is 91.2 Å². The molecule has 15 heavy (non-hydrogen) atoms. The highest BCUT2D eigenvalue weighted by Crippen LogP contribution is 2.26. The van der Waals surface area contributed by atoms with Crippen LogP contribution in [0.4, 0.5) is 11.4 Å². The molecule has 1 amide bonds. The van der Waals surface area contributed by atoms with Gasteiger partial charge in [0, 0.05) is 18.6 Å². The molecule has 1 N–H and O–H groups in total. The average Bonchev–Trinajstić information content (AvgIpc) is 2.20. The van der Waals surface area contributed by atoms with Crippen molar-refractivity contribution >= 4 is 28.9 Å². The van der Waals surface area contributed by atoms with Crippen LogP contribution >= 0.6 is 11.6 Å². The normalized spacial score (nSPS) is 9.73. The van der Waals surface area contributed by atoms with Gasteiger partial charge in [-0.2, -0.15) is 0 Å². The SMILES string of the molecule is CCC(=O)Nc1ccc([N+](=O)[O-])cc1Cl. The lowest BCUT2D eigenvalue weighted by Crippen LogP contribution is -2.09. The molecule has 0 aliphatic rings. The van der Waals surface area contributed by atoms with Crippen molar-refractivity contribution in [2.24, 2.45) is 0 Å². The maximum Gasteiger partial charge on any atom is 0.271 e. The van der Waals surface area contributed by atoms with Gasteiger partial charge in [-0.1, -0.05) is 18.5 Å². The molecule has 5 nitrogen and oxygen atoms in total. The van der Waals surface area contributed by atoms with Crippen LogP contribution in [-0.4, -0.2) is 10.8 Å². The first-order valence-electron chi connectivity index (χ1n) is 4.28. The van der Waals surface area contributed by atoms with Crippen LogP contribution in [0.2, 0.25) is 5.02 Å². The quantitative estimate of drug-likeness (QED) is 0.638. The monoisotopic (exact) mass is 228 g/mol. The van der Waals surface area contributed by atoms with Gasteiger partial charge in [0.25, 0.3) is 5.69 Å². The summed E-state index contributed by atoms with van der Waals surface area (Å²) in [6.07, 6.45) is 0.327. The second kappa shape index (κ2) is 4.75. The standard InChI is InChI=1S/C9H9ClN2O3/c1-2-9(13)11-8-4-3-6(12(14)15)5-7(8)10/h3-5H,2H2,1H3,(H,11,13). The number of non-ortho nitro benzene ring substituents is 1. The highest BCUT2D eigenvalue weighted by Gasteiger charge is 2.10. The third-order valence-corrected chi connectivity index (χ3v) is 2.07. The zero-order valence-corrected chi connectivity index (χ0v) is 8.75. The smallest absolute Gasteiger partial charge is 0.271 e. The Morgan fingerprint density at radius 3 is 2.73 bits per heavy atom. The molecule has 1 aromatic carbocycles. The summed E-state index contributed by atoms with van der Waals surface area (Å²) < 4.78 is 0. The van der Waals surface area contributed by atoms with E-state index in [0.29, 0.717) is 12.1 Å². The van der Waals surface area contributed by atoms with Gasteiger partial charge in [-0.15, -0.1) is 0 Å². The van der Waals surface area contributed by atoms with Crippen LogP contribution < -0.4 is 5.32 Å². The van der Waals surface area contributed by atoms with Gasteiger partial charge in [-0.3, -0.25) is 14.9 Å². The topological polar surface area (TPSA) is 72.2 Å². The van der Waals surface area contributed by atoms with E-state index >= 15 is 0 Å². The summed E-state index contributed by atoms with van der Waals surface area (Å²) in [5.74, 6) is -0.189. The molecule has 1 rings (SSSR count). The molecule has 6 heteroatoms. The average molecular weight is 229 g/mol. The minimum atomic E-state index is -0.544. The Hall–Kier alpha value is -1.62. The Bertz CT molecular complexity index is 406. The van der Waals surface area contributed by atoms with E-state index in [9.17, 15) is 14.9 Å². The lowest BCUT2D eigenvalue weighted by Gasteiger charge is -2.04. The van der Waals surface area contributed by atoms with Crippen LogP contribution in [0.25, 0.3) is 0 Å². The molecule has 0 saturated heterocycles. The number of carbonyl (C=O) groups is 1. The molecule has 0 aliphatic carbocycles. The van der Waals surface area contributed by atoms with Crippen LogP contribution in [0.5, 0.6) is 0 Å². The van der Waals surface area contributed by atoms with Gasteiger partial charge in [0.2, 0.25) is 5.91 Å².